The van der Waals surface area contributed by atoms with Gasteiger partial charge in [-0.2, -0.15) is 0 Å². The van der Waals surface area contributed by atoms with E-state index in [-0.39, 0.29) is 6.04 Å². The maximum absolute atomic E-state index is 6.33. The molecule has 1 aromatic rings. The fourth-order valence-electron chi connectivity index (χ4n) is 2.68. The Labute approximate surface area is 103 Å². The second kappa shape index (κ2) is 5.61. The highest BCUT2D eigenvalue weighted by molar-refractivity contribution is 5.18. The van der Waals surface area contributed by atoms with Crippen LogP contribution in [0.25, 0.3) is 0 Å². The minimum absolute atomic E-state index is 0.163. The van der Waals surface area contributed by atoms with E-state index >= 15 is 0 Å². The van der Waals surface area contributed by atoms with Gasteiger partial charge in [0.15, 0.2) is 0 Å². The molecule has 0 saturated carbocycles. The summed E-state index contributed by atoms with van der Waals surface area (Å²) in [4.78, 5) is 4.42. The number of rotatable bonds is 4. The molecule has 2 heterocycles. The number of hydrogen-bond acceptors (Lipinski definition) is 3. The molecule has 3 atom stereocenters. The van der Waals surface area contributed by atoms with Gasteiger partial charge in [0.05, 0.1) is 6.10 Å². The van der Waals surface area contributed by atoms with Gasteiger partial charge in [-0.1, -0.05) is 13.0 Å². The van der Waals surface area contributed by atoms with E-state index in [1.54, 1.807) is 0 Å². The van der Waals surface area contributed by atoms with Crippen molar-refractivity contribution in [2.45, 2.75) is 45.3 Å². The van der Waals surface area contributed by atoms with E-state index in [0.717, 1.165) is 31.6 Å². The highest BCUT2D eigenvalue weighted by Crippen LogP contribution is 2.27. The van der Waals surface area contributed by atoms with Gasteiger partial charge in [0, 0.05) is 36.9 Å². The van der Waals surface area contributed by atoms with Gasteiger partial charge in [0.1, 0.15) is 0 Å². The van der Waals surface area contributed by atoms with Crippen LogP contribution in [0.2, 0.25) is 0 Å². The van der Waals surface area contributed by atoms with Crippen LogP contribution in [0.1, 0.15) is 31.0 Å². The molecule has 94 valence electrons. The Balaban J connectivity index is 2.01. The van der Waals surface area contributed by atoms with E-state index in [4.69, 9.17) is 10.5 Å². The molecule has 1 aliphatic rings. The Hall–Kier alpha value is -0.930. The second-order valence-electron chi connectivity index (χ2n) is 4.90. The Morgan fingerprint density at radius 1 is 1.59 bits per heavy atom. The van der Waals surface area contributed by atoms with E-state index in [9.17, 15) is 0 Å². The molecule has 0 aromatic carbocycles. The molecule has 1 aromatic heterocycles. The standard InChI is InChI=1S/C14H22N2O/c1-3-14-11(6-8-17-14)12(15)9-13-10(2)5-4-7-16-13/h4-5,7,11-12,14H,3,6,8-9,15H2,1-2H3. The second-order valence-corrected chi connectivity index (χ2v) is 4.90. The summed E-state index contributed by atoms with van der Waals surface area (Å²) in [6.07, 6.45) is 5.19. The zero-order chi connectivity index (χ0) is 12.3. The van der Waals surface area contributed by atoms with Gasteiger partial charge >= 0.3 is 0 Å². The maximum atomic E-state index is 6.33. The van der Waals surface area contributed by atoms with Gasteiger partial charge in [0.25, 0.3) is 0 Å². The third-order valence-electron chi connectivity index (χ3n) is 3.76. The lowest BCUT2D eigenvalue weighted by Gasteiger charge is -2.23. The summed E-state index contributed by atoms with van der Waals surface area (Å²) in [5.41, 5.74) is 8.68. The molecule has 1 saturated heterocycles. The number of pyridine rings is 1. The van der Waals surface area contributed by atoms with Crippen molar-refractivity contribution in [2.24, 2.45) is 11.7 Å². The predicted molar refractivity (Wildman–Crippen MR) is 68.8 cm³/mol. The molecule has 1 aliphatic heterocycles. The van der Waals surface area contributed by atoms with Crippen LogP contribution in [0.5, 0.6) is 0 Å². The first-order valence-electron chi connectivity index (χ1n) is 6.50. The van der Waals surface area contributed by atoms with E-state index in [1.807, 2.05) is 12.3 Å². The molecule has 3 nitrogen and oxygen atoms in total. The number of nitrogens with two attached hydrogens (primary N) is 1. The molecule has 1 fully saturated rings. The van der Waals surface area contributed by atoms with E-state index in [0.29, 0.717) is 12.0 Å². The molecular formula is C14H22N2O. The van der Waals surface area contributed by atoms with Gasteiger partial charge < -0.3 is 10.5 Å². The van der Waals surface area contributed by atoms with Crippen molar-refractivity contribution in [1.82, 2.24) is 4.98 Å². The van der Waals surface area contributed by atoms with Crippen LogP contribution in [-0.4, -0.2) is 23.7 Å². The van der Waals surface area contributed by atoms with E-state index < -0.39 is 0 Å². The van der Waals surface area contributed by atoms with Gasteiger partial charge in [0.2, 0.25) is 0 Å². The number of aryl methyl sites for hydroxylation is 1. The zero-order valence-electron chi connectivity index (χ0n) is 10.7. The van der Waals surface area contributed by atoms with Crippen molar-refractivity contribution < 1.29 is 4.74 Å². The fourth-order valence-corrected chi connectivity index (χ4v) is 2.68. The Bertz CT molecular complexity index is 367. The highest BCUT2D eigenvalue weighted by Gasteiger charge is 2.31. The smallest absolute Gasteiger partial charge is 0.0616 e. The summed E-state index contributed by atoms with van der Waals surface area (Å²) >= 11 is 0. The van der Waals surface area contributed by atoms with Crippen LogP contribution < -0.4 is 5.73 Å². The summed E-state index contributed by atoms with van der Waals surface area (Å²) in [5, 5.41) is 0. The summed E-state index contributed by atoms with van der Waals surface area (Å²) in [7, 11) is 0. The van der Waals surface area contributed by atoms with Crippen molar-refractivity contribution in [3.63, 3.8) is 0 Å². The predicted octanol–water partition coefficient (Wildman–Crippen LogP) is 2.07. The van der Waals surface area contributed by atoms with E-state index in [2.05, 4.69) is 24.9 Å². The topological polar surface area (TPSA) is 48.1 Å². The van der Waals surface area contributed by atoms with Crippen LogP contribution in [-0.2, 0) is 11.2 Å². The molecule has 3 heteroatoms. The normalized spacial score (nSPS) is 26.1. The molecule has 0 bridgehead atoms. The Morgan fingerprint density at radius 2 is 2.41 bits per heavy atom. The van der Waals surface area contributed by atoms with Crippen molar-refractivity contribution >= 4 is 0 Å². The maximum Gasteiger partial charge on any atom is 0.0616 e. The van der Waals surface area contributed by atoms with Crippen LogP contribution in [0.15, 0.2) is 18.3 Å². The molecule has 0 spiro atoms. The first kappa shape index (κ1) is 12.5. The molecule has 17 heavy (non-hydrogen) atoms. The lowest BCUT2D eigenvalue weighted by atomic mass is 9.88. The van der Waals surface area contributed by atoms with Gasteiger partial charge in [-0.25, -0.2) is 0 Å². The van der Waals surface area contributed by atoms with Gasteiger partial charge in [-0.05, 0) is 31.4 Å². The van der Waals surface area contributed by atoms with Crippen molar-refractivity contribution in [1.29, 1.82) is 0 Å². The largest absolute Gasteiger partial charge is 0.378 e. The number of ether oxygens (including phenoxy) is 1. The number of aromatic nitrogens is 1. The van der Waals surface area contributed by atoms with Crippen LogP contribution >= 0.6 is 0 Å². The average Bonchev–Trinajstić information content (AvgIpc) is 2.80. The van der Waals surface area contributed by atoms with E-state index in [1.165, 1.54) is 5.56 Å². The number of nitrogens with zero attached hydrogens (tertiary/aromatic N) is 1. The van der Waals surface area contributed by atoms with Crippen molar-refractivity contribution in [3.05, 3.63) is 29.6 Å². The lowest BCUT2D eigenvalue weighted by molar-refractivity contribution is 0.0813. The quantitative estimate of drug-likeness (QED) is 0.867. The molecule has 2 rings (SSSR count). The zero-order valence-corrected chi connectivity index (χ0v) is 10.7. The van der Waals surface area contributed by atoms with Crippen LogP contribution in [0.3, 0.4) is 0 Å². The summed E-state index contributed by atoms with van der Waals surface area (Å²) in [6, 6.07) is 4.23. The average molecular weight is 234 g/mol. The SMILES string of the molecule is CCC1OCCC1C(N)Cc1ncccc1C. The monoisotopic (exact) mass is 234 g/mol. The first-order chi connectivity index (χ1) is 8.22. The lowest BCUT2D eigenvalue weighted by Crippen LogP contribution is -2.37. The third kappa shape index (κ3) is 2.85. The minimum Gasteiger partial charge on any atom is -0.378 e. The number of hydrogen-bond donors (Lipinski definition) is 1. The molecule has 2 N–H and O–H groups in total. The van der Waals surface area contributed by atoms with Gasteiger partial charge in [-0.3, -0.25) is 4.98 Å². The summed E-state index contributed by atoms with van der Waals surface area (Å²) in [5.74, 6) is 0.487. The summed E-state index contributed by atoms with van der Waals surface area (Å²) < 4.78 is 5.70. The first-order valence-corrected chi connectivity index (χ1v) is 6.50. The molecule has 0 radical (unpaired) electrons. The molecule has 3 unspecified atom stereocenters. The molecule has 0 aliphatic carbocycles. The Kier molecular flexibility index (Phi) is 4.13. The fraction of sp³-hybridized carbons (Fsp3) is 0.643. The minimum atomic E-state index is 0.163. The van der Waals surface area contributed by atoms with Gasteiger partial charge in [-0.15, -0.1) is 0 Å². The third-order valence-corrected chi connectivity index (χ3v) is 3.76. The molecule has 0 amide bonds. The van der Waals surface area contributed by atoms with Crippen molar-refractivity contribution in [3.8, 4) is 0 Å². The van der Waals surface area contributed by atoms with Crippen molar-refractivity contribution in [2.75, 3.05) is 6.61 Å². The molecular weight excluding hydrogens is 212 g/mol. The Morgan fingerprint density at radius 3 is 3.12 bits per heavy atom. The van der Waals surface area contributed by atoms with Crippen LogP contribution in [0.4, 0.5) is 0 Å². The highest BCUT2D eigenvalue weighted by atomic mass is 16.5. The van der Waals surface area contributed by atoms with Crippen LogP contribution in [0, 0.1) is 12.8 Å². The summed E-state index contributed by atoms with van der Waals surface area (Å²) in [6.45, 7) is 5.12.